The van der Waals surface area contributed by atoms with Gasteiger partial charge in [-0.05, 0) is 38.1 Å². The number of nitrogens with one attached hydrogen (secondary N) is 1. The Bertz CT molecular complexity index is 296. The van der Waals surface area contributed by atoms with Crippen LogP contribution in [0, 0.1) is 5.92 Å². The lowest BCUT2D eigenvalue weighted by Crippen LogP contribution is -2.27. The fourth-order valence-electron chi connectivity index (χ4n) is 2.34. The third-order valence-corrected chi connectivity index (χ3v) is 3.96. The van der Waals surface area contributed by atoms with Crippen molar-refractivity contribution in [1.29, 1.82) is 0 Å². The van der Waals surface area contributed by atoms with E-state index in [1.165, 1.54) is 31.4 Å². The number of nitrogens with zero attached hydrogens (tertiary/aromatic N) is 1. The molecule has 1 saturated heterocycles. The van der Waals surface area contributed by atoms with Crippen LogP contribution in [0.3, 0.4) is 0 Å². The monoisotopic (exact) mass is 254 g/mol. The summed E-state index contributed by atoms with van der Waals surface area (Å²) in [6, 6.07) is 0.435. The minimum absolute atomic E-state index is 0.435. The summed E-state index contributed by atoms with van der Waals surface area (Å²) in [4.78, 5) is 4.46. The second-order valence-corrected chi connectivity index (χ2v) is 5.43. The predicted molar refractivity (Wildman–Crippen MR) is 71.3 cm³/mol. The van der Waals surface area contributed by atoms with E-state index in [-0.39, 0.29) is 0 Å². The second-order valence-electron chi connectivity index (χ2n) is 4.71. The maximum atomic E-state index is 5.42. The van der Waals surface area contributed by atoms with Crippen LogP contribution in [-0.4, -0.2) is 24.7 Å². The molecule has 1 aliphatic rings. The zero-order chi connectivity index (χ0) is 11.9. The summed E-state index contributed by atoms with van der Waals surface area (Å²) >= 11 is 1.69. The maximum absolute atomic E-state index is 5.42. The standard InChI is InChI=1S/C13H22N2OS/c1-2-5-14-12(13-9-17-10-15-13)8-11-3-6-16-7-4-11/h9-12,14H,2-8H2,1H3. The van der Waals surface area contributed by atoms with Gasteiger partial charge in [-0.25, -0.2) is 4.98 Å². The third kappa shape index (κ3) is 4.05. The maximum Gasteiger partial charge on any atom is 0.0795 e. The van der Waals surface area contributed by atoms with Crippen molar-refractivity contribution >= 4 is 11.3 Å². The molecule has 1 N–H and O–H groups in total. The van der Waals surface area contributed by atoms with Gasteiger partial charge in [0.05, 0.1) is 17.2 Å². The Hall–Kier alpha value is -0.450. The van der Waals surface area contributed by atoms with Crippen LogP contribution in [0.2, 0.25) is 0 Å². The fraction of sp³-hybridized carbons (Fsp3) is 0.769. The van der Waals surface area contributed by atoms with Gasteiger partial charge in [-0.1, -0.05) is 6.92 Å². The molecule has 96 valence electrons. The number of rotatable bonds is 6. The van der Waals surface area contributed by atoms with Crippen molar-refractivity contribution in [3.8, 4) is 0 Å². The highest BCUT2D eigenvalue weighted by Gasteiger charge is 2.21. The van der Waals surface area contributed by atoms with Crippen molar-refractivity contribution in [3.05, 3.63) is 16.6 Å². The predicted octanol–water partition coefficient (Wildman–Crippen LogP) is 3.00. The molecule has 1 fully saturated rings. The first-order valence-electron chi connectivity index (χ1n) is 6.59. The molecule has 1 unspecified atom stereocenters. The number of ether oxygens (including phenoxy) is 1. The highest BCUT2D eigenvalue weighted by Crippen LogP contribution is 2.27. The van der Waals surface area contributed by atoms with E-state index >= 15 is 0 Å². The van der Waals surface area contributed by atoms with Crippen LogP contribution in [0.25, 0.3) is 0 Å². The molecular formula is C13H22N2OS. The Morgan fingerprint density at radius 1 is 1.53 bits per heavy atom. The van der Waals surface area contributed by atoms with Crippen LogP contribution in [0.4, 0.5) is 0 Å². The Morgan fingerprint density at radius 3 is 3.00 bits per heavy atom. The molecule has 17 heavy (non-hydrogen) atoms. The lowest BCUT2D eigenvalue weighted by atomic mass is 9.91. The minimum Gasteiger partial charge on any atom is -0.381 e. The topological polar surface area (TPSA) is 34.1 Å². The molecule has 0 aliphatic carbocycles. The van der Waals surface area contributed by atoms with Gasteiger partial charge in [0.1, 0.15) is 0 Å². The average molecular weight is 254 g/mol. The first-order valence-corrected chi connectivity index (χ1v) is 7.53. The Kier molecular flexibility index (Phi) is 5.42. The molecule has 2 rings (SSSR count). The largest absolute Gasteiger partial charge is 0.381 e. The van der Waals surface area contributed by atoms with Crippen molar-refractivity contribution in [2.24, 2.45) is 5.92 Å². The van der Waals surface area contributed by atoms with Crippen LogP contribution < -0.4 is 5.32 Å². The van der Waals surface area contributed by atoms with E-state index in [1.807, 2.05) is 5.51 Å². The minimum atomic E-state index is 0.435. The molecule has 1 aliphatic heterocycles. The van der Waals surface area contributed by atoms with Gasteiger partial charge >= 0.3 is 0 Å². The van der Waals surface area contributed by atoms with E-state index < -0.39 is 0 Å². The molecule has 1 aromatic rings. The van der Waals surface area contributed by atoms with Crippen molar-refractivity contribution in [2.75, 3.05) is 19.8 Å². The van der Waals surface area contributed by atoms with Gasteiger partial charge in [0.2, 0.25) is 0 Å². The average Bonchev–Trinajstić information content (AvgIpc) is 2.89. The van der Waals surface area contributed by atoms with Crippen LogP contribution in [0.1, 0.15) is 44.3 Å². The summed E-state index contributed by atoms with van der Waals surface area (Å²) in [6.07, 6.45) is 4.78. The normalized spacial score (nSPS) is 19.4. The van der Waals surface area contributed by atoms with Crippen molar-refractivity contribution in [2.45, 2.75) is 38.6 Å². The molecule has 0 amide bonds. The smallest absolute Gasteiger partial charge is 0.0795 e. The molecule has 2 heterocycles. The van der Waals surface area contributed by atoms with Crippen LogP contribution in [0.15, 0.2) is 10.9 Å². The number of hydrogen-bond donors (Lipinski definition) is 1. The molecule has 3 nitrogen and oxygen atoms in total. The SMILES string of the molecule is CCCNC(CC1CCOCC1)c1cscn1. The summed E-state index contributed by atoms with van der Waals surface area (Å²) in [5.74, 6) is 0.791. The second kappa shape index (κ2) is 7.09. The van der Waals surface area contributed by atoms with Gasteiger partial charge in [-0.3, -0.25) is 0 Å². The third-order valence-electron chi connectivity index (χ3n) is 3.36. The van der Waals surface area contributed by atoms with Gasteiger partial charge in [-0.15, -0.1) is 11.3 Å². The molecule has 1 aromatic heterocycles. The molecule has 0 saturated carbocycles. The molecule has 1 atom stereocenters. The Balaban J connectivity index is 1.90. The molecule has 4 heteroatoms. The molecule has 0 spiro atoms. The number of aromatic nitrogens is 1. The van der Waals surface area contributed by atoms with Crippen molar-refractivity contribution in [3.63, 3.8) is 0 Å². The highest BCUT2D eigenvalue weighted by atomic mass is 32.1. The zero-order valence-electron chi connectivity index (χ0n) is 10.5. The van der Waals surface area contributed by atoms with Crippen LogP contribution in [-0.2, 0) is 4.74 Å². The van der Waals surface area contributed by atoms with Crippen LogP contribution >= 0.6 is 11.3 Å². The van der Waals surface area contributed by atoms with E-state index in [9.17, 15) is 0 Å². The van der Waals surface area contributed by atoms with Crippen LogP contribution in [0.5, 0.6) is 0 Å². The summed E-state index contributed by atoms with van der Waals surface area (Å²) in [5, 5.41) is 5.80. The van der Waals surface area contributed by atoms with Gasteiger partial charge < -0.3 is 10.1 Å². The molecule has 0 aromatic carbocycles. The van der Waals surface area contributed by atoms with Gasteiger partial charge in [-0.2, -0.15) is 0 Å². The molecule has 0 radical (unpaired) electrons. The summed E-state index contributed by atoms with van der Waals surface area (Å²) in [5.41, 5.74) is 3.15. The lowest BCUT2D eigenvalue weighted by molar-refractivity contribution is 0.0604. The number of thiazole rings is 1. The summed E-state index contributed by atoms with van der Waals surface area (Å²) < 4.78 is 5.42. The van der Waals surface area contributed by atoms with E-state index in [0.29, 0.717) is 6.04 Å². The molecular weight excluding hydrogens is 232 g/mol. The van der Waals surface area contributed by atoms with E-state index in [0.717, 1.165) is 25.7 Å². The zero-order valence-corrected chi connectivity index (χ0v) is 11.3. The van der Waals surface area contributed by atoms with Gasteiger partial charge in [0, 0.05) is 18.6 Å². The summed E-state index contributed by atoms with van der Waals surface area (Å²) in [7, 11) is 0. The quantitative estimate of drug-likeness (QED) is 0.847. The summed E-state index contributed by atoms with van der Waals surface area (Å²) in [6.45, 7) is 5.15. The van der Waals surface area contributed by atoms with E-state index in [4.69, 9.17) is 4.74 Å². The lowest BCUT2D eigenvalue weighted by Gasteiger charge is -2.26. The van der Waals surface area contributed by atoms with E-state index in [2.05, 4.69) is 22.6 Å². The highest BCUT2D eigenvalue weighted by molar-refractivity contribution is 7.07. The van der Waals surface area contributed by atoms with Gasteiger partial charge in [0.25, 0.3) is 0 Å². The Labute approximate surface area is 108 Å². The van der Waals surface area contributed by atoms with Crippen molar-refractivity contribution < 1.29 is 4.74 Å². The van der Waals surface area contributed by atoms with E-state index in [1.54, 1.807) is 11.3 Å². The fourth-order valence-corrected chi connectivity index (χ4v) is 2.94. The first kappa shape index (κ1) is 13.0. The number of hydrogen-bond acceptors (Lipinski definition) is 4. The Morgan fingerprint density at radius 2 is 2.35 bits per heavy atom. The van der Waals surface area contributed by atoms with Crippen molar-refractivity contribution in [1.82, 2.24) is 10.3 Å². The molecule has 0 bridgehead atoms. The first-order chi connectivity index (χ1) is 8.40. The van der Waals surface area contributed by atoms with Gasteiger partial charge in [0.15, 0.2) is 0 Å².